The van der Waals surface area contributed by atoms with Crippen LogP contribution in [0.5, 0.6) is 0 Å². The molecule has 0 heterocycles. The lowest BCUT2D eigenvalue weighted by Gasteiger charge is -2.01. The molecule has 1 rings (SSSR count). The molecule has 1 aromatic carbocycles. The highest BCUT2D eigenvalue weighted by atomic mass is 19.1. The molecule has 0 spiro atoms. The third kappa shape index (κ3) is 4.45. The first-order chi connectivity index (χ1) is 8.52. The summed E-state index contributed by atoms with van der Waals surface area (Å²) in [5.74, 6) is -2.65. The van der Waals surface area contributed by atoms with Crippen LogP contribution in [0.25, 0.3) is 0 Å². The van der Waals surface area contributed by atoms with Crippen molar-refractivity contribution in [2.24, 2.45) is 0 Å². The molecule has 0 N–H and O–H groups in total. The molecule has 1 aromatic rings. The first-order valence-corrected chi connectivity index (χ1v) is 5.49. The minimum Gasteiger partial charge on any atom is -0.460 e. The number of hydrogen-bond donors (Lipinski definition) is 0. The molecular formula is C13H13FO4. The van der Waals surface area contributed by atoms with E-state index in [9.17, 15) is 18.8 Å². The maximum atomic E-state index is 12.6. The van der Waals surface area contributed by atoms with Crippen molar-refractivity contribution in [2.45, 2.75) is 19.8 Å². The van der Waals surface area contributed by atoms with Crippen LogP contribution >= 0.6 is 0 Å². The van der Waals surface area contributed by atoms with E-state index in [2.05, 4.69) is 4.74 Å². The van der Waals surface area contributed by atoms with Crippen molar-refractivity contribution in [3.8, 4) is 0 Å². The van der Waals surface area contributed by atoms with E-state index in [1.165, 1.54) is 24.3 Å². The van der Waals surface area contributed by atoms with Gasteiger partial charge in [-0.1, -0.05) is 12.1 Å². The molecule has 4 nitrogen and oxygen atoms in total. The van der Waals surface area contributed by atoms with Gasteiger partial charge in [-0.05, 0) is 24.6 Å². The third-order valence-corrected chi connectivity index (χ3v) is 2.18. The van der Waals surface area contributed by atoms with Gasteiger partial charge < -0.3 is 4.74 Å². The van der Waals surface area contributed by atoms with Gasteiger partial charge in [0.25, 0.3) is 0 Å². The van der Waals surface area contributed by atoms with Crippen LogP contribution in [0.15, 0.2) is 24.3 Å². The molecule has 0 aromatic heterocycles. The standard InChI is InChI=1S/C13H13FO4/c1-2-18-13(17)12(16)8-11(15)7-9-3-5-10(14)6-4-9/h3-6H,2,7-8H2,1H3. The Bertz CT molecular complexity index is 451. The predicted molar refractivity (Wildman–Crippen MR) is 61.4 cm³/mol. The van der Waals surface area contributed by atoms with Crippen LogP contribution in [0.1, 0.15) is 18.9 Å². The summed E-state index contributed by atoms with van der Waals surface area (Å²) in [6.07, 6.45) is -0.498. The number of rotatable bonds is 6. The second kappa shape index (κ2) is 6.64. The molecule has 0 unspecified atom stereocenters. The maximum Gasteiger partial charge on any atom is 0.375 e. The van der Waals surface area contributed by atoms with Gasteiger partial charge in [0.2, 0.25) is 5.78 Å². The Morgan fingerprint density at radius 3 is 2.33 bits per heavy atom. The normalized spacial score (nSPS) is 9.89. The SMILES string of the molecule is CCOC(=O)C(=O)CC(=O)Cc1ccc(F)cc1. The topological polar surface area (TPSA) is 60.4 Å². The number of carbonyl (C=O) groups excluding carboxylic acids is 3. The molecule has 18 heavy (non-hydrogen) atoms. The number of ether oxygens (including phenoxy) is 1. The van der Waals surface area contributed by atoms with Crippen LogP contribution in [-0.2, 0) is 25.5 Å². The maximum absolute atomic E-state index is 12.6. The average Bonchev–Trinajstić information content (AvgIpc) is 2.32. The molecule has 0 atom stereocenters. The van der Waals surface area contributed by atoms with Gasteiger partial charge in [0.15, 0.2) is 0 Å². The Morgan fingerprint density at radius 1 is 1.17 bits per heavy atom. The van der Waals surface area contributed by atoms with Gasteiger partial charge in [0, 0.05) is 6.42 Å². The second-order valence-electron chi connectivity index (χ2n) is 3.66. The zero-order valence-corrected chi connectivity index (χ0v) is 9.94. The average molecular weight is 252 g/mol. The molecule has 0 saturated carbocycles. The van der Waals surface area contributed by atoms with Crippen LogP contribution in [0.3, 0.4) is 0 Å². The summed E-state index contributed by atoms with van der Waals surface area (Å²) >= 11 is 0. The minimum absolute atomic E-state index is 0.00851. The predicted octanol–water partition coefficient (Wildman–Crippen LogP) is 1.46. The summed E-state index contributed by atoms with van der Waals surface area (Å²) in [6, 6.07) is 5.38. The zero-order valence-electron chi connectivity index (χ0n) is 9.94. The fourth-order valence-electron chi connectivity index (χ4n) is 1.36. The van der Waals surface area contributed by atoms with Crippen LogP contribution in [0.2, 0.25) is 0 Å². The minimum atomic E-state index is -0.995. The van der Waals surface area contributed by atoms with Gasteiger partial charge in [0.1, 0.15) is 11.6 Å². The smallest absolute Gasteiger partial charge is 0.375 e. The molecule has 0 saturated heterocycles. The summed E-state index contributed by atoms with van der Waals surface area (Å²) in [5.41, 5.74) is 0.595. The van der Waals surface area contributed by atoms with Gasteiger partial charge >= 0.3 is 5.97 Å². The first kappa shape index (κ1) is 14.0. The Labute approximate surface area is 104 Å². The molecule has 0 aliphatic carbocycles. The van der Waals surface area contributed by atoms with Crippen molar-refractivity contribution in [2.75, 3.05) is 6.61 Å². The molecule has 0 amide bonds. The molecule has 5 heteroatoms. The first-order valence-electron chi connectivity index (χ1n) is 5.49. The van der Waals surface area contributed by atoms with Crippen molar-refractivity contribution in [3.05, 3.63) is 35.6 Å². The Kier molecular flexibility index (Phi) is 5.17. The number of hydrogen-bond acceptors (Lipinski definition) is 4. The zero-order chi connectivity index (χ0) is 13.5. The van der Waals surface area contributed by atoms with Crippen molar-refractivity contribution in [1.29, 1.82) is 0 Å². The summed E-state index contributed by atoms with van der Waals surface area (Å²) in [4.78, 5) is 33.7. The summed E-state index contributed by atoms with van der Waals surface area (Å²) in [5, 5.41) is 0. The Balaban J connectivity index is 2.49. The van der Waals surface area contributed by atoms with Crippen LogP contribution in [-0.4, -0.2) is 24.1 Å². The van der Waals surface area contributed by atoms with E-state index in [4.69, 9.17) is 0 Å². The van der Waals surface area contributed by atoms with E-state index in [1.807, 2.05) is 0 Å². The van der Waals surface area contributed by atoms with E-state index in [0.29, 0.717) is 5.56 Å². The lowest BCUT2D eigenvalue weighted by molar-refractivity contribution is -0.154. The molecule has 96 valence electrons. The Hall–Kier alpha value is -2.04. The summed E-state index contributed by atoms with van der Waals surface area (Å²) in [7, 11) is 0. The third-order valence-electron chi connectivity index (χ3n) is 2.18. The van der Waals surface area contributed by atoms with Crippen molar-refractivity contribution < 1.29 is 23.5 Å². The van der Waals surface area contributed by atoms with Gasteiger partial charge in [-0.25, -0.2) is 9.18 Å². The highest BCUT2D eigenvalue weighted by Gasteiger charge is 2.18. The molecule has 0 bridgehead atoms. The molecule has 0 radical (unpaired) electrons. The summed E-state index contributed by atoms with van der Waals surface area (Å²) < 4.78 is 17.1. The second-order valence-corrected chi connectivity index (χ2v) is 3.66. The van der Waals surface area contributed by atoms with Crippen molar-refractivity contribution in [3.63, 3.8) is 0 Å². The van der Waals surface area contributed by atoms with Gasteiger partial charge in [0.05, 0.1) is 13.0 Å². The van der Waals surface area contributed by atoms with E-state index in [0.717, 1.165) is 0 Å². The largest absolute Gasteiger partial charge is 0.460 e. The highest BCUT2D eigenvalue weighted by Crippen LogP contribution is 2.05. The van der Waals surface area contributed by atoms with E-state index in [-0.39, 0.29) is 13.0 Å². The number of esters is 1. The van der Waals surface area contributed by atoms with E-state index < -0.39 is 29.8 Å². The number of halogens is 1. The highest BCUT2D eigenvalue weighted by molar-refractivity contribution is 6.37. The lowest BCUT2D eigenvalue weighted by atomic mass is 10.1. The van der Waals surface area contributed by atoms with Crippen molar-refractivity contribution >= 4 is 17.5 Å². The lowest BCUT2D eigenvalue weighted by Crippen LogP contribution is -2.21. The van der Waals surface area contributed by atoms with Gasteiger partial charge in [-0.2, -0.15) is 0 Å². The van der Waals surface area contributed by atoms with Crippen molar-refractivity contribution in [1.82, 2.24) is 0 Å². The van der Waals surface area contributed by atoms with Gasteiger partial charge in [-0.15, -0.1) is 0 Å². The quantitative estimate of drug-likeness (QED) is 0.437. The van der Waals surface area contributed by atoms with E-state index >= 15 is 0 Å². The van der Waals surface area contributed by atoms with Crippen LogP contribution in [0, 0.1) is 5.82 Å². The van der Waals surface area contributed by atoms with Gasteiger partial charge in [-0.3, -0.25) is 9.59 Å². The molecular weight excluding hydrogens is 239 g/mol. The molecule has 0 aliphatic heterocycles. The monoisotopic (exact) mass is 252 g/mol. The number of carbonyl (C=O) groups is 3. The number of benzene rings is 1. The van der Waals surface area contributed by atoms with E-state index in [1.54, 1.807) is 6.92 Å². The number of ketones is 2. The Morgan fingerprint density at radius 2 is 1.78 bits per heavy atom. The molecule has 0 aliphatic rings. The van der Waals surface area contributed by atoms with Crippen LogP contribution in [0.4, 0.5) is 4.39 Å². The fourth-order valence-corrected chi connectivity index (χ4v) is 1.36. The summed E-state index contributed by atoms with van der Waals surface area (Å²) in [6.45, 7) is 1.67. The number of Topliss-reactive ketones (excluding diaryl/α,β-unsaturated/α-hetero) is 2. The molecule has 0 fully saturated rings. The van der Waals surface area contributed by atoms with Crippen LogP contribution < -0.4 is 0 Å². The fraction of sp³-hybridized carbons (Fsp3) is 0.308.